The number of hydrogen-bond donors (Lipinski definition) is 0. The molecule has 0 unspecified atom stereocenters. The third-order valence-electron chi connectivity index (χ3n) is 3.11. The summed E-state index contributed by atoms with van der Waals surface area (Å²) >= 11 is 0. The molecule has 0 atom stereocenters. The zero-order valence-electron chi connectivity index (χ0n) is 10.2. The van der Waals surface area contributed by atoms with Crippen molar-refractivity contribution in [2.24, 2.45) is 0 Å². The lowest BCUT2D eigenvalue weighted by Crippen LogP contribution is -2.12. The van der Waals surface area contributed by atoms with Gasteiger partial charge in [0.1, 0.15) is 0 Å². The van der Waals surface area contributed by atoms with Crippen molar-refractivity contribution in [2.75, 3.05) is 13.2 Å². The Bertz CT molecular complexity index is 461. The molecule has 2 rings (SSSR count). The van der Waals surface area contributed by atoms with Gasteiger partial charge in [0, 0.05) is 0 Å². The van der Waals surface area contributed by atoms with Gasteiger partial charge in [-0.3, -0.25) is 0 Å². The van der Waals surface area contributed by atoms with E-state index < -0.39 is 11.7 Å². The second-order valence-electron chi connectivity index (χ2n) is 4.29. The molecule has 1 heterocycles. The van der Waals surface area contributed by atoms with Crippen molar-refractivity contribution >= 4 is 5.57 Å². The maximum atomic E-state index is 13.1. The van der Waals surface area contributed by atoms with Crippen LogP contribution in [0.15, 0.2) is 24.3 Å². The molecular weight excluding hydrogens is 241 g/mol. The van der Waals surface area contributed by atoms with Gasteiger partial charge in [0.15, 0.2) is 0 Å². The number of benzene rings is 1. The molecule has 0 aliphatic carbocycles. The second kappa shape index (κ2) is 5.14. The average Bonchev–Trinajstić information content (AvgIpc) is 2.38. The van der Waals surface area contributed by atoms with E-state index >= 15 is 0 Å². The van der Waals surface area contributed by atoms with Crippen molar-refractivity contribution in [1.29, 1.82) is 0 Å². The van der Waals surface area contributed by atoms with E-state index in [9.17, 15) is 13.2 Å². The summed E-state index contributed by atoms with van der Waals surface area (Å²) in [5, 5.41) is 0. The summed E-state index contributed by atoms with van der Waals surface area (Å²) in [5.41, 5.74) is 1.20. The Morgan fingerprint density at radius 3 is 2.61 bits per heavy atom. The van der Waals surface area contributed by atoms with Gasteiger partial charge >= 0.3 is 6.18 Å². The number of halogens is 3. The molecule has 1 aliphatic rings. The fourth-order valence-corrected chi connectivity index (χ4v) is 2.10. The molecule has 1 nitrogen and oxygen atoms in total. The Morgan fingerprint density at radius 1 is 1.28 bits per heavy atom. The normalized spacial score (nSPS) is 16.6. The van der Waals surface area contributed by atoms with Crippen LogP contribution in [0.4, 0.5) is 13.2 Å². The molecule has 1 aliphatic heterocycles. The molecule has 0 saturated carbocycles. The number of ether oxygens (including phenoxy) is 1. The van der Waals surface area contributed by atoms with Crippen LogP contribution in [0.5, 0.6) is 0 Å². The van der Waals surface area contributed by atoms with Crippen molar-refractivity contribution in [3.63, 3.8) is 0 Å². The Kier molecular flexibility index (Phi) is 3.76. The van der Waals surface area contributed by atoms with E-state index in [1.807, 2.05) is 6.92 Å². The van der Waals surface area contributed by atoms with Crippen molar-refractivity contribution in [3.8, 4) is 0 Å². The monoisotopic (exact) mass is 256 g/mol. The summed E-state index contributed by atoms with van der Waals surface area (Å²) in [6, 6.07) is 4.60. The predicted molar refractivity (Wildman–Crippen MR) is 64.2 cm³/mol. The minimum absolute atomic E-state index is 0.294. The quantitative estimate of drug-likeness (QED) is 0.775. The summed E-state index contributed by atoms with van der Waals surface area (Å²) in [4.78, 5) is 0. The first-order valence-electron chi connectivity index (χ1n) is 5.99. The minimum atomic E-state index is -4.31. The molecule has 0 saturated heterocycles. The number of aryl methyl sites for hydroxylation is 1. The second-order valence-corrected chi connectivity index (χ2v) is 4.29. The van der Waals surface area contributed by atoms with E-state index in [4.69, 9.17) is 4.74 Å². The summed E-state index contributed by atoms with van der Waals surface area (Å²) in [6.07, 6.45) is -1.43. The van der Waals surface area contributed by atoms with Crippen LogP contribution in [0.25, 0.3) is 5.57 Å². The fraction of sp³-hybridized carbons (Fsp3) is 0.429. The van der Waals surface area contributed by atoms with Crippen LogP contribution in [0, 0.1) is 0 Å². The number of alkyl halides is 3. The van der Waals surface area contributed by atoms with Crippen molar-refractivity contribution in [3.05, 3.63) is 41.0 Å². The fourth-order valence-electron chi connectivity index (χ4n) is 2.10. The van der Waals surface area contributed by atoms with Gasteiger partial charge in [-0.05, 0) is 35.6 Å². The summed E-state index contributed by atoms with van der Waals surface area (Å²) in [5.74, 6) is 0. The molecule has 0 spiro atoms. The average molecular weight is 256 g/mol. The molecule has 0 fully saturated rings. The molecule has 98 valence electrons. The largest absolute Gasteiger partial charge is 0.417 e. The van der Waals surface area contributed by atoms with Gasteiger partial charge < -0.3 is 4.74 Å². The van der Waals surface area contributed by atoms with Crippen molar-refractivity contribution in [1.82, 2.24) is 0 Å². The van der Waals surface area contributed by atoms with Crippen LogP contribution in [0.3, 0.4) is 0 Å². The topological polar surface area (TPSA) is 9.23 Å². The van der Waals surface area contributed by atoms with Gasteiger partial charge in [0.25, 0.3) is 0 Å². The van der Waals surface area contributed by atoms with Crippen LogP contribution in [-0.2, 0) is 17.3 Å². The number of rotatable bonds is 2. The molecule has 0 aromatic heterocycles. The molecule has 1 aromatic carbocycles. The standard InChI is InChI=1S/C14H15F3O/c1-2-10-3-4-12(11-5-7-18-8-6-11)13(9-10)14(15,16)17/h3-5,9H,2,6-8H2,1H3. The first-order valence-corrected chi connectivity index (χ1v) is 5.99. The molecule has 0 N–H and O–H groups in total. The highest BCUT2D eigenvalue weighted by molar-refractivity contribution is 5.69. The van der Waals surface area contributed by atoms with Gasteiger partial charge in [0.2, 0.25) is 0 Å². The smallest absolute Gasteiger partial charge is 0.377 e. The Hall–Kier alpha value is -1.29. The molecule has 0 amide bonds. The van der Waals surface area contributed by atoms with Gasteiger partial charge in [-0.25, -0.2) is 0 Å². The predicted octanol–water partition coefficient (Wildman–Crippen LogP) is 4.07. The molecular formula is C14H15F3O. The van der Waals surface area contributed by atoms with Crippen LogP contribution in [0.2, 0.25) is 0 Å². The maximum Gasteiger partial charge on any atom is 0.417 e. The molecule has 18 heavy (non-hydrogen) atoms. The van der Waals surface area contributed by atoms with E-state index in [0.717, 1.165) is 5.57 Å². The van der Waals surface area contributed by atoms with Crippen LogP contribution in [-0.4, -0.2) is 13.2 Å². The summed E-state index contributed by atoms with van der Waals surface area (Å²) in [7, 11) is 0. The van der Waals surface area contributed by atoms with E-state index in [1.54, 1.807) is 18.2 Å². The van der Waals surface area contributed by atoms with Crippen LogP contribution >= 0.6 is 0 Å². The van der Waals surface area contributed by atoms with Crippen molar-refractivity contribution in [2.45, 2.75) is 25.9 Å². The lowest BCUT2D eigenvalue weighted by Gasteiger charge is -2.19. The maximum absolute atomic E-state index is 13.1. The van der Waals surface area contributed by atoms with E-state index in [1.165, 1.54) is 6.07 Å². The SMILES string of the molecule is CCc1ccc(C2=CCOCC2)c(C(F)(F)F)c1. The molecule has 4 heteroatoms. The van der Waals surface area contributed by atoms with Gasteiger partial charge in [0.05, 0.1) is 18.8 Å². The highest BCUT2D eigenvalue weighted by Crippen LogP contribution is 2.37. The zero-order valence-corrected chi connectivity index (χ0v) is 10.2. The highest BCUT2D eigenvalue weighted by atomic mass is 19.4. The zero-order chi connectivity index (χ0) is 13.2. The van der Waals surface area contributed by atoms with E-state index in [2.05, 4.69) is 0 Å². The minimum Gasteiger partial charge on any atom is -0.377 e. The Morgan fingerprint density at radius 2 is 2.06 bits per heavy atom. The Labute approximate surface area is 104 Å². The van der Waals surface area contributed by atoms with Crippen LogP contribution in [0.1, 0.15) is 30.0 Å². The van der Waals surface area contributed by atoms with Gasteiger partial charge in [-0.2, -0.15) is 13.2 Å². The first kappa shape index (κ1) is 13.1. The van der Waals surface area contributed by atoms with Crippen molar-refractivity contribution < 1.29 is 17.9 Å². The van der Waals surface area contributed by atoms with E-state index in [0.29, 0.717) is 37.2 Å². The highest BCUT2D eigenvalue weighted by Gasteiger charge is 2.34. The third kappa shape index (κ3) is 2.75. The molecule has 0 bridgehead atoms. The van der Waals surface area contributed by atoms with Gasteiger partial charge in [-0.1, -0.05) is 25.1 Å². The summed E-state index contributed by atoms with van der Waals surface area (Å²) < 4.78 is 44.3. The molecule has 1 aromatic rings. The summed E-state index contributed by atoms with van der Waals surface area (Å²) in [6.45, 7) is 2.73. The lowest BCUT2D eigenvalue weighted by atomic mass is 9.94. The van der Waals surface area contributed by atoms with Crippen LogP contribution < -0.4 is 0 Å². The van der Waals surface area contributed by atoms with Gasteiger partial charge in [-0.15, -0.1) is 0 Å². The van der Waals surface area contributed by atoms with E-state index in [-0.39, 0.29) is 0 Å². The third-order valence-corrected chi connectivity index (χ3v) is 3.11. The lowest BCUT2D eigenvalue weighted by molar-refractivity contribution is -0.137. The first-order chi connectivity index (χ1) is 8.52. The Balaban J connectivity index is 2.49. The number of hydrogen-bond acceptors (Lipinski definition) is 1. The molecule has 0 radical (unpaired) electrons.